The second kappa shape index (κ2) is 8.45. The maximum atomic E-state index is 12.9. The van der Waals surface area contributed by atoms with E-state index >= 15 is 0 Å². The Morgan fingerprint density at radius 3 is 2.31 bits per heavy atom. The molecule has 0 saturated carbocycles. The van der Waals surface area contributed by atoms with Crippen LogP contribution < -0.4 is 0 Å². The number of para-hydroxylation sites is 1. The van der Waals surface area contributed by atoms with Crippen LogP contribution in [0.4, 0.5) is 0 Å². The third-order valence-electron chi connectivity index (χ3n) is 4.35. The molecule has 1 aromatic heterocycles. The molecular weight excluding hydrogens is 392 g/mol. The highest BCUT2D eigenvalue weighted by Gasteiger charge is 2.35. The molecule has 8 heteroatoms. The minimum Gasteiger partial charge on any atom is -0.459 e. The molecule has 0 spiro atoms. The average Bonchev–Trinajstić information content (AvgIpc) is 2.97. The Hall–Kier alpha value is -1.90. The molecule has 0 bridgehead atoms. The number of aromatic nitrogens is 1. The van der Waals surface area contributed by atoms with Crippen LogP contribution in [0.25, 0.3) is 10.9 Å². The summed E-state index contributed by atoms with van der Waals surface area (Å²) in [7, 11) is -0.180. The van der Waals surface area contributed by atoms with Gasteiger partial charge in [0, 0.05) is 18.1 Å². The first-order valence-electron chi connectivity index (χ1n) is 9.60. The first-order chi connectivity index (χ1) is 13.2. The number of carbonyl (C=O) groups is 1. The number of benzene rings is 1. The molecule has 0 fully saturated rings. The molecule has 29 heavy (non-hydrogen) atoms. The molecule has 1 aromatic carbocycles. The van der Waals surface area contributed by atoms with E-state index in [0.29, 0.717) is 11.9 Å². The Morgan fingerprint density at radius 1 is 1.10 bits per heavy atom. The van der Waals surface area contributed by atoms with Crippen molar-refractivity contribution in [2.24, 2.45) is 5.41 Å². The van der Waals surface area contributed by atoms with E-state index in [-0.39, 0.29) is 6.61 Å². The molecule has 0 aliphatic rings. The zero-order valence-electron chi connectivity index (χ0n) is 18.4. The van der Waals surface area contributed by atoms with Crippen LogP contribution in [0.15, 0.2) is 30.5 Å². The van der Waals surface area contributed by atoms with Crippen LogP contribution in [0.1, 0.15) is 40.2 Å². The minimum absolute atomic E-state index is 0.316. The fourth-order valence-corrected chi connectivity index (χ4v) is 3.91. The molecule has 1 heterocycles. The van der Waals surface area contributed by atoms with Gasteiger partial charge in [0.15, 0.2) is 0 Å². The summed E-state index contributed by atoms with van der Waals surface area (Å²) in [6, 6.07) is 7.31. The molecule has 2 rings (SSSR count). The van der Waals surface area contributed by atoms with Crippen molar-refractivity contribution in [1.29, 1.82) is 0 Å². The molecule has 0 unspecified atom stereocenters. The van der Waals surface area contributed by atoms with E-state index in [1.54, 1.807) is 52.9 Å². The van der Waals surface area contributed by atoms with Gasteiger partial charge in [0.25, 0.3) is 0 Å². The zero-order chi connectivity index (χ0) is 22.0. The Morgan fingerprint density at radius 2 is 1.72 bits per heavy atom. The van der Waals surface area contributed by atoms with Gasteiger partial charge in [0.05, 0.1) is 17.5 Å². The van der Waals surface area contributed by atoms with E-state index < -0.39 is 27.3 Å². The van der Waals surface area contributed by atoms with Crippen molar-refractivity contribution in [3.05, 3.63) is 36.0 Å². The minimum atomic E-state index is -4.12. The lowest BCUT2D eigenvalue weighted by Crippen LogP contribution is -2.37. The van der Waals surface area contributed by atoms with Crippen molar-refractivity contribution < 1.29 is 22.1 Å². The fourth-order valence-electron chi connectivity index (χ4n) is 2.70. The number of likely N-dealkylation sites (N-methyl/N-ethyl adjacent to an activating group) is 1. The number of hydrogen-bond acceptors (Lipinski definition) is 6. The summed E-state index contributed by atoms with van der Waals surface area (Å²) in [4.78, 5) is 14.4. The molecule has 0 radical (unpaired) electrons. The molecular formula is C21H32N2O5S. The SMILES string of the molecule is CN(C)CCc1cn(S(=O)(=O)OCC(C)(C)C(=O)OC(C)(C)C)c2ccccc12. The molecule has 2 aromatic rings. The maximum Gasteiger partial charge on any atom is 0.366 e. The van der Waals surface area contributed by atoms with Crippen LogP contribution in [0.3, 0.4) is 0 Å². The highest BCUT2D eigenvalue weighted by atomic mass is 32.2. The lowest BCUT2D eigenvalue weighted by atomic mass is 9.95. The smallest absolute Gasteiger partial charge is 0.366 e. The average molecular weight is 425 g/mol. The standard InChI is InChI=1S/C21H32N2O5S/c1-20(2,3)28-19(24)21(4,5)15-27-29(25,26)23-14-16(12-13-22(6)7)17-10-8-9-11-18(17)23/h8-11,14H,12-13,15H2,1-7H3. The molecule has 0 aliphatic heterocycles. The summed E-state index contributed by atoms with van der Waals surface area (Å²) >= 11 is 0. The van der Waals surface area contributed by atoms with Crippen molar-refractivity contribution in [2.75, 3.05) is 27.2 Å². The molecule has 162 valence electrons. The summed E-state index contributed by atoms with van der Waals surface area (Å²) in [6.07, 6.45) is 2.31. The van der Waals surface area contributed by atoms with Crippen LogP contribution in [0, 0.1) is 5.41 Å². The fraction of sp³-hybridized carbons (Fsp3) is 0.571. The third-order valence-corrected chi connectivity index (χ3v) is 5.55. The zero-order valence-corrected chi connectivity index (χ0v) is 19.2. The van der Waals surface area contributed by atoms with Gasteiger partial charge < -0.3 is 9.64 Å². The van der Waals surface area contributed by atoms with E-state index in [1.165, 1.54) is 0 Å². The lowest BCUT2D eigenvalue weighted by Gasteiger charge is -2.28. The Labute approximate surface area is 173 Å². The van der Waals surface area contributed by atoms with E-state index in [9.17, 15) is 13.2 Å². The predicted octanol–water partition coefficient (Wildman–Crippen LogP) is 3.22. The van der Waals surface area contributed by atoms with Gasteiger partial charge >= 0.3 is 16.3 Å². The van der Waals surface area contributed by atoms with E-state index in [4.69, 9.17) is 8.92 Å². The largest absolute Gasteiger partial charge is 0.459 e. The number of rotatable bonds is 8. The molecule has 0 N–H and O–H groups in total. The summed E-state index contributed by atoms with van der Waals surface area (Å²) in [5.41, 5.74) is -0.299. The first-order valence-corrected chi connectivity index (χ1v) is 11.0. The number of fused-ring (bicyclic) bond motifs is 1. The van der Waals surface area contributed by atoms with Crippen molar-refractivity contribution in [1.82, 2.24) is 8.87 Å². The normalized spacial score (nSPS) is 13.2. The third kappa shape index (κ3) is 6.04. The summed E-state index contributed by atoms with van der Waals surface area (Å²) < 4.78 is 37.7. The molecule has 0 saturated heterocycles. The van der Waals surface area contributed by atoms with Crippen LogP contribution in [0.2, 0.25) is 0 Å². The summed E-state index contributed by atoms with van der Waals surface area (Å²) in [6.45, 7) is 8.98. The van der Waals surface area contributed by atoms with Crippen molar-refractivity contribution in [2.45, 2.75) is 46.6 Å². The molecule has 0 aliphatic carbocycles. The highest BCUT2D eigenvalue weighted by molar-refractivity contribution is 7.85. The number of nitrogens with zero attached hydrogens (tertiary/aromatic N) is 2. The van der Waals surface area contributed by atoms with E-state index in [1.807, 2.05) is 31.1 Å². The Balaban J connectivity index is 2.27. The topological polar surface area (TPSA) is 77.8 Å². The van der Waals surface area contributed by atoms with Gasteiger partial charge in [-0.25, -0.2) is 3.97 Å². The summed E-state index contributed by atoms with van der Waals surface area (Å²) in [5, 5.41) is 0.868. The van der Waals surface area contributed by atoms with Gasteiger partial charge in [-0.1, -0.05) is 18.2 Å². The first kappa shape index (κ1) is 23.4. The monoisotopic (exact) mass is 424 g/mol. The van der Waals surface area contributed by atoms with Crippen LogP contribution >= 0.6 is 0 Å². The molecule has 0 amide bonds. The Kier molecular flexibility index (Phi) is 6.82. The van der Waals surface area contributed by atoms with Crippen LogP contribution in [0.5, 0.6) is 0 Å². The van der Waals surface area contributed by atoms with E-state index in [0.717, 1.165) is 21.5 Å². The second-order valence-electron chi connectivity index (χ2n) is 9.13. The second-order valence-corrected chi connectivity index (χ2v) is 10.6. The van der Waals surface area contributed by atoms with Gasteiger partial charge in [0.2, 0.25) is 0 Å². The lowest BCUT2D eigenvalue weighted by molar-refractivity contribution is -0.167. The Bertz CT molecular complexity index is 969. The van der Waals surface area contributed by atoms with E-state index in [2.05, 4.69) is 0 Å². The number of carbonyl (C=O) groups excluding carboxylic acids is 1. The predicted molar refractivity (Wildman–Crippen MR) is 114 cm³/mol. The van der Waals surface area contributed by atoms with Gasteiger partial charge in [-0.2, -0.15) is 8.42 Å². The van der Waals surface area contributed by atoms with Crippen LogP contribution in [-0.2, 0) is 30.4 Å². The quantitative estimate of drug-likeness (QED) is 0.606. The van der Waals surface area contributed by atoms with Crippen molar-refractivity contribution >= 4 is 27.2 Å². The van der Waals surface area contributed by atoms with Gasteiger partial charge in [-0.15, -0.1) is 0 Å². The molecule has 7 nitrogen and oxygen atoms in total. The highest BCUT2D eigenvalue weighted by Crippen LogP contribution is 2.26. The van der Waals surface area contributed by atoms with Crippen molar-refractivity contribution in [3.8, 4) is 0 Å². The number of esters is 1. The number of hydrogen-bond donors (Lipinski definition) is 0. The van der Waals surface area contributed by atoms with Crippen LogP contribution in [-0.4, -0.2) is 56.1 Å². The van der Waals surface area contributed by atoms with Crippen molar-refractivity contribution in [3.63, 3.8) is 0 Å². The van der Waals surface area contributed by atoms with Gasteiger partial charge in [-0.05, 0) is 66.8 Å². The molecule has 0 atom stereocenters. The summed E-state index contributed by atoms with van der Waals surface area (Å²) in [5.74, 6) is -0.510. The van der Waals surface area contributed by atoms with Gasteiger partial charge in [0.1, 0.15) is 5.60 Å². The maximum absolute atomic E-state index is 12.9. The number of ether oxygens (including phenoxy) is 1. The van der Waals surface area contributed by atoms with Gasteiger partial charge in [-0.3, -0.25) is 8.98 Å².